The van der Waals surface area contributed by atoms with E-state index < -0.39 is 0 Å². The highest BCUT2D eigenvalue weighted by atomic mass is 16.2. The molecule has 29 heavy (non-hydrogen) atoms. The van der Waals surface area contributed by atoms with E-state index in [1.165, 1.54) is 26.7 Å². The summed E-state index contributed by atoms with van der Waals surface area (Å²) in [6.07, 6.45) is 0.674. The summed E-state index contributed by atoms with van der Waals surface area (Å²) in [4.78, 5) is 38.8. The Bertz CT molecular complexity index is 1100. The van der Waals surface area contributed by atoms with E-state index in [4.69, 9.17) is 0 Å². The SMILES string of the molecule is CCn1c2ccccc2c2cc(CN(C)C(=O)CCN3C(=O)CCC3=O)ccc21. The highest BCUT2D eigenvalue weighted by Gasteiger charge is 2.29. The zero-order valence-electron chi connectivity index (χ0n) is 16.9. The topological polar surface area (TPSA) is 62.6 Å². The summed E-state index contributed by atoms with van der Waals surface area (Å²) in [6.45, 7) is 3.70. The maximum Gasteiger partial charge on any atom is 0.229 e. The number of aryl methyl sites for hydroxylation is 1. The van der Waals surface area contributed by atoms with Gasteiger partial charge >= 0.3 is 0 Å². The highest BCUT2D eigenvalue weighted by molar-refractivity contribution is 6.08. The van der Waals surface area contributed by atoms with Crippen molar-refractivity contribution in [1.29, 1.82) is 0 Å². The van der Waals surface area contributed by atoms with E-state index in [0.717, 1.165) is 12.1 Å². The number of carbonyl (C=O) groups excluding carboxylic acids is 3. The average Bonchev–Trinajstić information content (AvgIpc) is 3.22. The van der Waals surface area contributed by atoms with Gasteiger partial charge < -0.3 is 9.47 Å². The predicted molar refractivity (Wildman–Crippen MR) is 112 cm³/mol. The van der Waals surface area contributed by atoms with Gasteiger partial charge in [-0.05, 0) is 30.7 Å². The highest BCUT2D eigenvalue weighted by Crippen LogP contribution is 2.30. The number of nitrogens with zero attached hydrogens (tertiary/aromatic N) is 3. The van der Waals surface area contributed by atoms with Gasteiger partial charge in [-0.3, -0.25) is 19.3 Å². The Kier molecular flexibility index (Phi) is 5.09. The normalized spacial score (nSPS) is 14.3. The van der Waals surface area contributed by atoms with Crippen molar-refractivity contribution in [2.24, 2.45) is 0 Å². The first-order chi connectivity index (χ1) is 14.0. The molecule has 6 heteroatoms. The predicted octanol–water partition coefficient (Wildman–Crippen LogP) is 3.31. The van der Waals surface area contributed by atoms with Crippen molar-refractivity contribution in [2.45, 2.75) is 39.3 Å². The molecule has 6 nitrogen and oxygen atoms in total. The second-order valence-corrected chi connectivity index (χ2v) is 7.55. The average molecular weight is 391 g/mol. The van der Waals surface area contributed by atoms with E-state index >= 15 is 0 Å². The summed E-state index contributed by atoms with van der Waals surface area (Å²) in [5.74, 6) is -0.431. The maximum absolute atomic E-state index is 12.5. The minimum Gasteiger partial charge on any atom is -0.341 e. The molecule has 1 aromatic heterocycles. The standard InChI is InChI=1S/C23H25N3O3/c1-3-25-19-7-5-4-6-17(19)18-14-16(8-9-20(18)25)15-24(2)21(27)12-13-26-22(28)10-11-23(26)29/h4-9,14H,3,10-13,15H2,1-2H3. The van der Waals surface area contributed by atoms with Crippen LogP contribution < -0.4 is 0 Å². The Labute approximate surface area is 169 Å². The van der Waals surface area contributed by atoms with Gasteiger partial charge in [-0.15, -0.1) is 0 Å². The second kappa shape index (κ2) is 7.70. The minimum absolute atomic E-state index is 0.0754. The Balaban J connectivity index is 1.50. The molecule has 150 valence electrons. The molecule has 2 heterocycles. The van der Waals surface area contributed by atoms with Crippen molar-refractivity contribution < 1.29 is 14.4 Å². The van der Waals surface area contributed by atoms with Crippen molar-refractivity contribution in [3.63, 3.8) is 0 Å². The largest absolute Gasteiger partial charge is 0.341 e. The summed E-state index contributed by atoms with van der Waals surface area (Å²) >= 11 is 0. The fourth-order valence-corrected chi connectivity index (χ4v) is 4.17. The van der Waals surface area contributed by atoms with Gasteiger partial charge in [0, 0.05) is 67.8 Å². The number of hydrogen-bond acceptors (Lipinski definition) is 3. The van der Waals surface area contributed by atoms with Crippen molar-refractivity contribution in [3.05, 3.63) is 48.0 Å². The van der Waals surface area contributed by atoms with E-state index in [-0.39, 0.29) is 43.5 Å². The smallest absolute Gasteiger partial charge is 0.229 e. The van der Waals surface area contributed by atoms with E-state index in [2.05, 4.69) is 47.9 Å². The quantitative estimate of drug-likeness (QED) is 0.606. The molecule has 3 amide bonds. The number of rotatable bonds is 6. The Hall–Kier alpha value is -3.15. The molecule has 0 saturated carbocycles. The zero-order valence-corrected chi connectivity index (χ0v) is 16.9. The number of imide groups is 1. The van der Waals surface area contributed by atoms with Gasteiger partial charge in [-0.1, -0.05) is 24.3 Å². The molecular formula is C23H25N3O3. The van der Waals surface area contributed by atoms with E-state index in [0.29, 0.717) is 6.54 Å². The van der Waals surface area contributed by atoms with Crippen molar-refractivity contribution >= 4 is 39.5 Å². The number of hydrogen-bond donors (Lipinski definition) is 0. The third kappa shape index (κ3) is 3.50. The molecule has 2 aromatic carbocycles. The molecule has 1 saturated heterocycles. The molecule has 0 atom stereocenters. The van der Waals surface area contributed by atoms with Crippen LogP contribution in [-0.2, 0) is 27.5 Å². The second-order valence-electron chi connectivity index (χ2n) is 7.55. The van der Waals surface area contributed by atoms with Crippen molar-refractivity contribution in [2.75, 3.05) is 13.6 Å². The molecule has 1 fully saturated rings. The molecule has 0 bridgehead atoms. The van der Waals surface area contributed by atoms with Gasteiger partial charge in [-0.25, -0.2) is 0 Å². The molecule has 0 aliphatic carbocycles. The summed E-state index contributed by atoms with van der Waals surface area (Å²) in [5.41, 5.74) is 3.46. The minimum atomic E-state index is -0.178. The van der Waals surface area contributed by atoms with Crippen LogP contribution in [0.25, 0.3) is 21.8 Å². The number of likely N-dealkylation sites (tertiary alicyclic amines) is 1. The lowest BCUT2D eigenvalue weighted by Crippen LogP contribution is -2.34. The van der Waals surface area contributed by atoms with Crippen LogP contribution in [0.3, 0.4) is 0 Å². The van der Waals surface area contributed by atoms with E-state index in [1.807, 2.05) is 6.07 Å². The first-order valence-corrected chi connectivity index (χ1v) is 10.1. The lowest BCUT2D eigenvalue weighted by atomic mass is 10.1. The van der Waals surface area contributed by atoms with Crippen molar-refractivity contribution in [1.82, 2.24) is 14.4 Å². The first kappa shape index (κ1) is 19.2. The van der Waals surface area contributed by atoms with Crippen LogP contribution >= 0.6 is 0 Å². The molecule has 0 unspecified atom stereocenters. The van der Waals surface area contributed by atoms with Gasteiger partial charge in [-0.2, -0.15) is 0 Å². The number of amides is 3. The lowest BCUT2D eigenvalue weighted by Gasteiger charge is -2.19. The van der Waals surface area contributed by atoms with Crippen LogP contribution in [0.15, 0.2) is 42.5 Å². The number of para-hydroxylation sites is 1. The fraction of sp³-hybridized carbons (Fsp3) is 0.348. The van der Waals surface area contributed by atoms with Crippen LogP contribution in [0, 0.1) is 0 Å². The molecule has 1 aliphatic rings. The number of carbonyl (C=O) groups is 3. The van der Waals surface area contributed by atoms with Gasteiger partial charge in [0.05, 0.1) is 0 Å². The van der Waals surface area contributed by atoms with Gasteiger partial charge in [0.2, 0.25) is 17.7 Å². The van der Waals surface area contributed by atoms with Crippen LogP contribution in [0.4, 0.5) is 0 Å². The molecule has 1 aliphatic heterocycles. The summed E-state index contributed by atoms with van der Waals surface area (Å²) in [7, 11) is 1.76. The number of aromatic nitrogens is 1. The van der Waals surface area contributed by atoms with Gasteiger partial charge in [0.25, 0.3) is 0 Å². The van der Waals surface area contributed by atoms with Crippen LogP contribution in [0.1, 0.15) is 31.7 Å². The van der Waals surface area contributed by atoms with Crippen LogP contribution in [0.2, 0.25) is 0 Å². The van der Waals surface area contributed by atoms with Gasteiger partial charge in [0.15, 0.2) is 0 Å². The molecule has 4 rings (SSSR count). The molecular weight excluding hydrogens is 366 g/mol. The summed E-state index contributed by atoms with van der Waals surface area (Å²) in [5, 5.41) is 2.40. The lowest BCUT2D eigenvalue weighted by molar-refractivity contribution is -0.139. The van der Waals surface area contributed by atoms with E-state index in [9.17, 15) is 14.4 Å². The van der Waals surface area contributed by atoms with E-state index in [1.54, 1.807) is 11.9 Å². The molecule has 0 N–H and O–H groups in total. The summed E-state index contributed by atoms with van der Waals surface area (Å²) in [6, 6.07) is 14.7. The Morgan fingerprint density at radius 3 is 2.41 bits per heavy atom. The third-order valence-electron chi connectivity index (χ3n) is 5.70. The number of benzene rings is 2. The Morgan fingerprint density at radius 1 is 1.00 bits per heavy atom. The van der Waals surface area contributed by atoms with Crippen LogP contribution in [0.5, 0.6) is 0 Å². The monoisotopic (exact) mass is 391 g/mol. The fourth-order valence-electron chi connectivity index (χ4n) is 4.17. The molecule has 0 radical (unpaired) electrons. The summed E-state index contributed by atoms with van der Waals surface area (Å²) < 4.78 is 2.30. The third-order valence-corrected chi connectivity index (χ3v) is 5.70. The molecule has 0 spiro atoms. The van der Waals surface area contributed by atoms with Gasteiger partial charge in [0.1, 0.15) is 0 Å². The van der Waals surface area contributed by atoms with Crippen LogP contribution in [-0.4, -0.2) is 45.7 Å². The maximum atomic E-state index is 12.5. The van der Waals surface area contributed by atoms with Crippen molar-refractivity contribution in [3.8, 4) is 0 Å². The number of fused-ring (bicyclic) bond motifs is 3. The Morgan fingerprint density at radius 2 is 1.69 bits per heavy atom. The first-order valence-electron chi connectivity index (χ1n) is 10.1. The zero-order chi connectivity index (χ0) is 20.5. The molecule has 3 aromatic rings.